The van der Waals surface area contributed by atoms with Crippen LogP contribution in [0.5, 0.6) is 0 Å². The Hall–Kier alpha value is -0.960. The molecule has 2 N–H and O–H groups in total. The number of halogens is 1. The maximum absolute atomic E-state index is 12.5. The van der Waals surface area contributed by atoms with Crippen LogP contribution in [0.4, 0.5) is 0 Å². The Labute approximate surface area is 130 Å². The molecule has 0 amide bonds. The minimum absolute atomic E-state index is 0.0129. The van der Waals surface area contributed by atoms with E-state index in [2.05, 4.69) is 15.9 Å². The van der Waals surface area contributed by atoms with Crippen molar-refractivity contribution in [1.29, 1.82) is 0 Å². The largest absolute Gasteiger partial charge is 0.478 e. The summed E-state index contributed by atoms with van der Waals surface area (Å²) >= 11 is 3.11. The summed E-state index contributed by atoms with van der Waals surface area (Å²) in [5.74, 6) is -0.909. The predicted octanol–water partition coefficient (Wildman–Crippen LogP) is 1.29. The molecule has 1 aliphatic heterocycles. The molecule has 0 unspecified atom stereocenters. The number of hydrogen-bond acceptors (Lipinski definition) is 4. The molecule has 0 radical (unpaired) electrons. The van der Waals surface area contributed by atoms with Crippen LogP contribution in [0.15, 0.2) is 27.6 Å². The van der Waals surface area contributed by atoms with Crippen LogP contribution in [-0.4, -0.2) is 47.6 Å². The standard InChI is InChI=1S/C13H14BrNO5S/c14-10-5-8(12(16)17)1-4-11(10)21(19,20)15-6-13(18,7-15)9-2-3-9/h1,4-5,9,18H,2-3,6-7H2,(H,16,17). The average molecular weight is 376 g/mol. The normalized spacial score (nSPS) is 21.8. The monoisotopic (exact) mass is 375 g/mol. The van der Waals surface area contributed by atoms with E-state index in [0.717, 1.165) is 12.8 Å². The average Bonchev–Trinajstić information content (AvgIpc) is 3.18. The highest BCUT2D eigenvalue weighted by molar-refractivity contribution is 9.10. The number of benzene rings is 1. The Balaban J connectivity index is 1.84. The van der Waals surface area contributed by atoms with Crippen LogP contribution in [0, 0.1) is 5.92 Å². The van der Waals surface area contributed by atoms with E-state index in [9.17, 15) is 18.3 Å². The molecule has 0 aromatic heterocycles. The molecule has 0 bridgehead atoms. The Kier molecular flexibility index (Phi) is 3.40. The zero-order valence-electron chi connectivity index (χ0n) is 11.0. The van der Waals surface area contributed by atoms with E-state index >= 15 is 0 Å². The van der Waals surface area contributed by atoms with Crippen LogP contribution >= 0.6 is 15.9 Å². The molecule has 3 rings (SSSR count). The van der Waals surface area contributed by atoms with Gasteiger partial charge in [0.15, 0.2) is 0 Å². The summed E-state index contributed by atoms with van der Waals surface area (Å²) in [6, 6.07) is 3.80. The maximum atomic E-state index is 12.5. The van der Waals surface area contributed by atoms with Gasteiger partial charge in [-0.05, 0) is 52.9 Å². The van der Waals surface area contributed by atoms with Crippen LogP contribution in [0.25, 0.3) is 0 Å². The summed E-state index contributed by atoms with van der Waals surface area (Å²) < 4.78 is 26.4. The van der Waals surface area contributed by atoms with E-state index < -0.39 is 21.6 Å². The SMILES string of the molecule is O=C(O)c1ccc(S(=O)(=O)N2CC(O)(C3CC3)C2)c(Br)c1. The number of β-amino-alcohol motifs (C(OH)–C–C–N with tert-alkyl or cyclic N) is 1. The third-order valence-corrected chi connectivity index (χ3v) is 6.80. The lowest BCUT2D eigenvalue weighted by Gasteiger charge is -2.45. The molecule has 1 saturated heterocycles. The summed E-state index contributed by atoms with van der Waals surface area (Å²) in [4.78, 5) is 10.9. The zero-order valence-corrected chi connectivity index (χ0v) is 13.4. The number of carboxylic acids is 1. The van der Waals surface area contributed by atoms with Gasteiger partial charge in [0.1, 0.15) is 0 Å². The lowest BCUT2D eigenvalue weighted by Crippen LogP contribution is -2.64. The van der Waals surface area contributed by atoms with Crippen molar-refractivity contribution < 1.29 is 23.4 Å². The highest BCUT2D eigenvalue weighted by Crippen LogP contribution is 2.46. The number of carboxylic acid groups (broad SMARTS) is 1. The Morgan fingerprint density at radius 1 is 1.33 bits per heavy atom. The first-order valence-corrected chi connectivity index (χ1v) is 8.73. The van der Waals surface area contributed by atoms with Gasteiger partial charge in [0.25, 0.3) is 0 Å². The summed E-state index contributed by atoms with van der Waals surface area (Å²) in [7, 11) is -3.72. The predicted molar refractivity (Wildman–Crippen MR) is 77.5 cm³/mol. The van der Waals surface area contributed by atoms with Gasteiger partial charge in [-0.1, -0.05) is 0 Å². The van der Waals surface area contributed by atoms with Gasteiger partial charge >= 0.3 is 5.97 Å². The van der Waals surface area contributed by atoms with Gasteiger partial charge in [-0.15, -0.1) is 0 Å². The third-order valence-electron chi connectivity index (χ3n) is 4.03. The number of aromatic carboxylic acids is 1. The summed E-state index contributed by atoms with van der Waals surface area (Å²) in [5, 5.41) is 19.1. The molecule has 114 valence electrons. The first-order chi connectivity index (χ1) is 9.74. The lowest BCUT2D eigenvalue weighted by atomic mass is 9.91. The van der Waals surface area contributed by atoms with E-state index in [4.69, 9.17) is 5.11 Å². The van der Waals surface area contributed by atoms with Crippen molar-refractivity contribution in [3.63, 3.8) is 0 Å². The molecule has 1 aromatic carbocycles. The highest BCUT2D eigenvalue weighted by Gasteiger charge is 2.55. The molecule has 2 fully saturated rings. The van der Waals surface area contributed by atoms with Gasteiger partial charge in [0.05, 0.1) is 16.1 Å². The van der Waals surface area contributed by atoms with Crippen LogP contribution < -0.4 is 0 Å². The molecule has 1 aliphatic carbocycles. The van der Waals surface area contributed by atoms with Crippen LogP contribution in [0.2, 0.25) is 0 Å². The second kappa shape index (κ2) is 4.77. The fraction of sp³-hybridized carbons (Fsp3) is 0.462. The van der Waals surface area contributed by atoms with Gasteiger partial charge in [-0.3, -0.25) is 0 Å². The molecule has 8 heteroatoms. The fourth-order valence-corrected chi connectivity index (χ4v) is 5.20. The van der Waals surface area contributed by atoms with Gasteiger partial charge < -0.3 is 10.2 Å². The number of nitrogens with zero attached hydrogens (tertiary/aromatic N) is 1. The van der Waals surface area contributed by atoms with Crippen molar-refractivity contribution in [2.24, 2.45) is 5.92 Å². The van der Waals surface area contributed by atoms with Crippen molar-refractivity contribution >= 4 is 31.9 Å². The van der Waals surface area contributed by atoms with E-state index in [-0.39, 0.29) is 33.9 Å². The number of aliphatic hydroxyl groups is 1. The molecule has 1 aromatic rings. The first kappa shape index (κ1) is 15.0. The van der Waals surface area contributed by atoms with Crippen LogP contribution in [-0.2, 0) is 10.0 Å². The quantitative estimate of drug-likeness (QED) is 0.826. The minimum Gasteiger partial charge on any atom is -0.478 e. The molecule has 1 saturated carbocycles. The summed E-state index contributed by atoms with van der Waals surface area (Å²) in [5.41, 5.74) is -0.875. The van der Waals surface area contributed by atoms with E-state index in [1.807, 2.05) is 0 Å². The van der Waals surface area contributed by atoms with Gasteiger partial charge in [-0.2, -0.15) is 4.31 Å². The summed E-state index contributed by atoms with van der Waals surface area (Å²) in [6.07, 6.45) is 1.89. The fourth-order valence-electron chi connectivity index (χ4n) is 2.60. The first-order valence-electron chi connectivity index (χ1n) is 6.49. The Bertz CT molecular complexity index is 707. The third kappa shape index (κ3) is 2.50. The molecular weight excluding hydrogens is 362 g/mol. The topological polar surface area (TPSA) is 94.9 Å². The number of sulfonamides is 1. The maximum Gasteiger partial charge on any atom is 0.335 e. The molecule has 2 aliphatic rings. The van der Waals surface area contributed by atoms with Crippen molar-refractivity contribution in [3.05, 3.63) is 28.2 Å². The van der Waals surface area contributed by atoms with Gasteiger partial charge in [0, 0.05) is 17.6 Å². The number of carbonyl (C=O) groups is 1. The molecule has 0 atom stereocenters. The molecule has 0 spiro atoms. The van der Waals surface area contributed by atoms with E-state index in [0.29, 0.717) is 0 Å². The van der Waals surface area contributed by atoms with Crippen LogP contribution in [0.1, 0.15) is 23.2 Å². The molecule has 1 heterocycles. The Morgan fingerprint density at radius 3 is 2.43 bits per heavy atom. The van der Waals surface area contributed by atoms with Crippen molar-refractivity contribution in [2.75, 3.05) is 13.1 Å². The van der Waals surface area contributed by atoms with Crippen molar-refractivity contribution in [1.82, 2.24) is 4.31 Å². The zero-order chi connectivity index (χ0) is 15.4. The Morgan fingerprint density at radius 2 is 1.95 bits per heavy atom. The lowest BCUT2D eigenvalue weighted by molar-refractivity contribution is -0.0765. The minimum atomic E-state index is -3.72. The van der Waals surface area contributed by atoms with Crippen molar-refractivity contribution in [2.45, 2.75) is 23.3 Å². The van der Waals surface area contributed by atoms with Crippen LogP contribution in [0.3, 0.4) is 0 Å². The van der Waals surface area contributed by atoms with E-state index in [1.165, 1.54) is 22.5 Å². The summed E-state index contributed by atoms with van der Waals surface area (Å²) in [6.45, 7) is 0.209. The van der Waals surface area contributed by atoms with Gasteiger partial charge in [0.2, 0.25) is 10.0 Å². The smallest absolute Gasteiger partial charge is 0.335 e. The van der Waals surface area contributed by atoms with Gasteiger partial charge in [-0.25, -0.2) is 13.2 Å². The number of hydrogen-bond donors (Lipinski definition) is 2. The highest BCUT2D eigenvalue weighted by atomic mass is 79.9. The molecule has 21 heavy (non-hydrogen) atoms. The molecule has 6 nitrogen and oxygen atoms in total. The van der Waals surface area contributed by atoms with Crippen molar-refractivity contribution in [3.8, 4) is 0 Å². The number of rotatable bonds is 4. The second-order valence-electron chi connectivity index (χ2n) is 5.60. The second-order valence-corrected chi connectivity index (χ2v) is 8.36. The van der Waals surface area contributed by atoms with E-state index in [1.54, 1.807) is 0 Å². The molecular formula is C13H14BrNO5S.